The first-order valence-electron chi connectivity index (χ1n) is 5.11. The van der Waals surface area contributed by atoms with Gasteiger partial charge in [-0.1, -0.05) is 13.3 Å². The van der Waals surface area contributed by atoms with E-state index in [2.05, 4.69) is 0 Å². The Morgan fingerprint density at radius 1 is 1.62 bits per heavy atom. The minimum Gasteiger partial charge on any atom is -0.384 e. The number of aliphatic hydroxyl groups is 1. The number of Topliss-reactive ketones (excluding diaryl/α,β-unsaturated/α-hetero) is 1. The summed E-state index contributed by atoms with van der Waals surface area (Å²) in [5, 5.41) is 9.52. The van der Waals surface area contributed by atoms with Crippen LogP contribution < -0.4 is 5.73 Å². The Bertz CT molecular complexity index is 178. The van der Waals surface area contributed by atoms with E-state index < -0.39 is 6.10 Å². The van der Waals surface area contributed by atoms with Gasteiger partial charge in [0.2, 0.25) is 0 Å². The van der Waals surface area contributed by atoms with E-state index in [0.717, 1.165) is 25.7 Å². The fourth-order valence-electron chi connectivity index (χ4n) is 1.46. The van der Waals surface area contributed by atoms with Gasteiger partial charge >= 0.3 is 0 Å². The summed E-state index contributed by atoms with van der Waals surface area (Å²) in [6.07, 6.45) is 3.51. The zero-order valence-electron chi connectivity index (χ0n) is 8.20. The Balaban J connectivity index is 2.26. The first kappa shape index (κ1) is 10.7. The van der Waals surface area contributed by atoms with Crippen molar-refractivity contribution >= 4 is 5.78 Å². The Kier molecular flexibility index (Phi) is 3.88. The number of carbonyl (C=O) groups excluding carboxylic acids is 1. The molecule has 13 heavy (non-hydrogen) atoms. The van der Waals surface area contributed by atoms with Gasteiger partial charge in [-0.3, -0.25) is 4.79 Å². The second-order valence-corrected chi connectivity index (χ2v) is 4.01. The molecule has 3 nitrogen and oxygen atoms in total. The third-order valence-electron chi connectivity index (χ3n) is 2.54. The highest BCUT2D eigenvalue weighted by Crippen LogP contribution is 2.33. The zero-order chi connectivity index (χ0) is 9.84. The van der Waals surface area contributed by atoms with Gasteiger partial charge in [-0.2, -0.15) is 0 Å². The van der Waals surface area contributed by atoms with E-state index in [4.69, 9.17) is 5.73 Å². The molecule has 1 aliphatic carbocycles. The van der Waals surface area contributed by atoms with E-state index in [0.29, 0.717) is 12.3 Å². The smallest absolute Gasteiger partial charge is 0.163 e. The van der Waals surface area contributed by atoms with Crippen molar-refractivity contribution in [1.29, 1.82) is 0 Å². The summed E-state index contributed by atoms with van der Waals surface area (Å²) < 4.78 is 0. The monoisotopic (exact) mass is 185 g/mol. The van der Waals surface area contributed by atoms with Crippen LogP contribution in [0.4, 0.5) is 0 Å². The van der Waals surface area contributed by atoms with Crippen LogP contribution in [0.5, 0.6) is 0 Å². The van der Waals surface area contributed by atoms with E-state index >= 15 is 0 Å². The number of hydrogen-bond donors (Lipinski definition) is 2. The summed E-state index contributed by atoms with van der Waals surface area (Å²) in [6, 6.07) is -0.365. The molecule has 76 valence electrons. The first-order valence-corrected chi connectivity index (χ1v) is 5.11. The molecular formula is C10H19NO2. The standard InChI is InChI=1S/C10H19NO2/c1-2-3-8(11)10(13)9(12)6-7-4-5-7/h7-8,10,13H,2-6,11H2,1H3/t8-,10?/m0/s1. The molecule has 1 unspecified atom stereocenters. The fourth-order valence-corrected chi connectivity index (χ4v) is 1.46. The van der Waals surface area contributed by atoms with Gasteiger partial charge in [0.15, 0.2) is 5.78 Å². The molecule has 3 N–H and O–H groups in total. The van der Waals surface area contributed by atoms with Crippen LogP contribution in [-0.4, -0.2) is 23.0 Å². The van der Waals surface area contributed by atoms with Gasteiger partial charge in [0.05, 0.1) is 0 Å². The number of aliphatic hydroxyl groups excluding tert-OH is 1. The van der Waals surface area contributed by atoms with Crippen molar-refractivity contribution in [2.45, 2.75) is 51.2 Å². The Morgan fingerprint density at radius 3 is 2.69 bits per heavy atom. The number of hydrogen-bond acceptors (Lipinski definition) is 3. The molecule has 1 rings (SSSR count). The molecule has 0 aromatic carbocycles. The van der Waals surface area contributed by atoms with Crippen LogP contribution in [0.3, 0.4) is 0 Å². The second-order valence-electron chi connectivity index (χ2n) is 4.01. The SMILES string of the molecule is CCC[C@H](N)C(O)C(=O)CC1CC1. The van der Waals surface area contributed by atoms with Crippen LogP contribution in [0.2, 0.25) is 0 Å². The van der Waals surface area contributed by atoms with E-state index in [1.807, 2.05) is 6.92 Å². The molecule has 0 saturated heterocycles. The van der Waals surface area contributed by atoms with Gasteiger partial charge in [0, 0.05) is 12.5 Å². The van der Waals surface area contributed by atoms with Crippen LogP contribution in [-0.2, 0) is 4.79 Å². The van der Waals surface area contributed by atoms with Crippen molar-refractivity contribution in [3.63, 3.8) is 0 Å². The van der Waals surface area contributed by atoms with Crippen molar-refractivity contribution in [3.05, 3.63) is 0 Å². The zero-order valence-corrected chi connectivity index (χ0v) is 8.20. The number of rotatable bonds is 6. The van der Waals surface area contributed by atoms with Crippen molar-refractivity contribution in [3.8, 4) is 0 Å². The van der Waals surface area contributed by atoms with Crippen molar-refractivity contribution in [2.24, 2.45) is 11.7 Å². The predicted octanol–water partition coefficient (Wildman–Crippen LogP) is 0.844. The Hall–Kier alpha value is -0.410. The Labute approximate surface area is 79.3 Å². The van der Waals surface area contributed by atoms with Gasteiger partial charge in [-0.15, -0.1) is 0 Å². The largest absolute Gasteiger partial charge is 0.384 e. The lowest BCUT2D eigenvalue weighted by atomic mass is 10.00. The summed E-state index contributed by atoms with van der Waals surface area (Å²) in [7, 11) is 0. The summed E-state index contributed by atoms with van der Waals surface area (Å²) in [6.45, 7) is 2.00. The minimum absolute atomic E-state index is 0.0662. The maximum Gasteiger partial charge on any atom is 0.163 e. The summed E-state index contributed by atoms with van der Waals surface area (Å²) in [4.78, 5) is 11.4. The fraction of sp³-hybridized carbons (Fsp3) is 0.900. The van der Waals surface area contributed by atoms with E-state index in [-0.39, 0.29) is 11.8 Å². The van der Waals surface area contributed by atoms with Crippen molar-refractivity contribution < 1.29 is 9.90 Å². The molecule has 0 aromatic rings. The quantitative estimate of drug-likeness (QED) is 0.644. The molecule has 0 amide bonds. The third kappa shape index (κ3) is 3.44. The molecule has 3 heteroatoms. The molecular weight excluding hydrogens is 166 g/mol. The van der Waals surface area contributed by atoms with E-state index in [9.17, 15) is 9.90 Å². The molecule has 0 aromatic heterocycles. The third-order valence-corrected chi connectivity index (χ3v) is 2.54. The lowest BCUT2D eigenvalue weighted by Crippen LogP contribution is -2.40. The molecule has 1 aliphatic rings. The maximum absolute atomic E-state index is 11.4. The van der Waals surface area contributed by atoms with Crippen molar-refractivity contribution in [2.75, 3.05) is 0 Å². The minimum atomic E-state index is -0.930. The molecule has 1 fully saturated rings. The molecule has 0 spiro atoms. The summed E-state index contributed by atoms with van der Waals surface area (Å²) >= 11 is 0. The van der Waals surface area contributed by atoms with Crippen LogP contribution in [0, 0.1) is 5.92 Å². The highest BCUT2D eigenvalue weighted by Gasteiger charge is 2.29. The Morgan fingerprint density at radius 2 is 2.23 bits per heavy atom. The van der Waals surface area contributed by atoms with Gasteiger partial charge in [0.25, 0.3) is 0 Å². The summed E-state index contributed by atoms with van der Waals surface area (Å²) in [5.74, 6) is 0.472. The summed E-state index contributed by atoms with van der Waals surface area (Å²) in [5.41, 5.74) is 5.65. The lowest BCUT2D eigenvalue weighted by molar-refractivity contribution is -0.128. The topological polar surface area (TPSA) is 63.3 Å². The highest BCUT2D eigenvalue weighted by atomic mass is 16.3. The van der Waals surface area contributed by atoms with Gasteiger partial charge in [-0.25, -0.2) is 0 Å². The average Bonchev–Trinajstić information content (AvgIpc) is 2.87. The van der Waals surface area contributed by atoms with Crippen LogP contribution in [0.1, 0.15) is 39.0 Å². The molecule has 2 atom stereocenters. The highest BCUT2D eigenvalue weighted by molar-refractivity contribution is 5.84. The molecule has 0 aliphatic heterocycles. The molecule has 0 bridgehead atoms. The van der Waals surface area contributed by atoms with Crippen LogP contribution in [0.25, 0.3) is 0 Å². The maximum atomic E-state index is 11.4. The van der Waals surface area contributed by atoms with Crippen molar-refractivity contribution in [1.82, 2.24) is 0 Å². The normalized spacial score (nSPS) is 21.2. The van der Waals surface area contributed by atoms with Gasteiger partial charge < -0.3 is 10.8 Å². The van der Waals surface area contributed by atoms with E-state index in [1.165, 1.54) is 0 Å². The predicted molar refractivity (Wildman–Crippen MR) is 51.2 cm³/mol. The lowest BCUT2D eigenvalue weighted by Gasteiger charge is -2.16. The average molecular weight is 185 g/mol. The van der Waals surface area contributed by atoms with E-state index in [1.54, 1.807) is 0 Å². The first-order chi connectivity index (χ1) is 6.15. The van der Waals surface area contributed by atoms with Gasteiger partial charge in [0.1, 0.15) is 6.10 Å². The number of carbonyl (C=O) groups is 1. The number of nitrogens with two attached hydrogens (primary N) is 1. The molecule has 1 saturated carbocycles. The van der Waals surface area contributed by atoms with Gasteiger partial charge in [-0.05, 0) is 25.2 Å². The second kappa shape index (κ2) is 4.72. The molecule has 0 heterocycles. The number of ketones is 1. The molecule has 0 radical (unpaired) electrons. The van der Waals surface area contributed by atoms with Crippen LogP contribution in [0.15, 0.2) is 0 Å². The van der Waals surface area contributed by atoms with Crippen LogP contribution >= 0.6 is 0 Å².